The van der Waals surface area contributed by atoms with Gasteiger partial charge in [0.15, 0.2) is 0 Å². The Hall–Kier alpha value is -0.460. The van der Waals surface area contributed by atoms with Gasteiger partial charge in [-0.2, -0.15) is 0 Å². The van der Waals surface area contributed by atoms with Crippen molar-refractivity contribution in [2.75, 3.05) is 45.6 Å². The van der Waals surface area contributed by atoms with Crippen LogP contribution in [0.1, 0.15) is 116 Å². The summed E-state index contributed by atoms with van der Waals surface area (Å²) in [5, 5.41) is 0. The minimum atomic E-state index is -3.69. The van der Waals surface area contributed by atoms with Crippen molar-refractivity contribution < 1.29 is 28.3 Å². The van der Waals surface area contributed by atoms with Crippen molar-refractivity contribution in [3.63, 3.8) is 0 Å². The standard InChI is InChI=1S/C27H54NO6P/c1-2-3-4-5-6-7-8-9-10-11-12-13-14-15-18-22-32-24-27(33-26-29)25-34-35(30,31)23-21-28-19-16-17-20-28/h26-27H,2-25H2,1H3,(H,30,31). The van der Waals surface area contributed by atoms with Crippen LogP contribution in [-0.2, 0) is 23.4 Å². The number of ether oxygens (including phenoxy) is 2. The smallest absolute Gasteiger partial charge is 0.329 e. The summed E-state index contributed by atoms with van der Waals surface area (Å²) in [6.07, 6.45) is 21.5. The molecule has 1 fully saturated rings. The predicted molar refractivity (Wildman–Crippen MR) is 143 cm³/mol. The van der Waals surface area contributed by atoms with Crippen molar-refractivity contribution in [2.45, 2.75) is 122 Å². The molecule has 0 spiro atoms. The van der Waals surface area contributed by atoms with Gasteiger partial charge < -0.3 is 23.8 Å². The highest BCUT2D eigenvalue weighted by molar-refractivity contribution is 7.52. The fraction of sp³-hybridized carbons (Fsp3) is 0.963. The van der Waals surface area contributed by atoms with Crippen molar-refractivity contribution in [1.29, 1.82) is 0 Å². The van der Waals surface area contributed by atoms with E-state index >= 15 is 0 Å². The molecule has 0 radical (unpaired) electrons. The molecule has 1 aliphatic heterocycles. The maximum atomic E-state index is 12.2. The van der Waals surface area contributed by atoms with Gasteiger partial charge in [0, 0.05) is 13.2 Å². The lowest BCUT2D eigenvalue weighted by atomic mass is 10.0. The maximum Gasteiger partial charge on any atom is 0.329 e. The van der Waals surface area contributed by atoms with Gasteiger partial charge in [0.05, 0.1) is 19.4 Å². The van der Waals surface area contributed by atoms with Gasteiger partial charge in [0.2, 0.25) is 0 Å². The van der Waals surface area contributed by atoms with Crippen molar-refractivity contribution >= 4 is 14.1 Å². The van der Waals surface area contributed by atoms with Crippen LogP contribution in [0.2, 0.25) is 0 Å². The van der Waals surface area contributed by atoms with Gasteiger partial charge in [-0.3, -0.25) is 9.36 Å². The Bertz CT molecular complexity index is 530. The minimum Gasteiger partial charge on any atom is -0.460 e. The highest BCUT2D eigenvalue weighted by Gasteiger charge is 2.24. The average Bonchev–Trinajstić information content (AvgIpc) is 3.37. The van der Waals surface area contributed by atoms with Crippen molar-refractivity contribution in [1.82, 2.24) is 4.90 Å². The number of rotatable bonds is 26. The first-order chi connectivity index (χ1) is 17.1. The van der Waals surface area contributed by atoms with E-state index in [1.807, 2.05) is 0 Å². The van der Waals surface area contributed by atoms with Crippen molar-refractivity contribution in [2.24, 2.45) is 0 Å². The molecule has 7 nitrogen and oxygen atoms in total. The van der Waals surface area contributed by atoms with Crippen LogP contribution in [-0.4, -0.2) is 68.0 Å². The Morgan fingerprint density at radius 1 is 0.829 bits per heavy atom. The van der Waals surface area contributed by atoms with Crippen molar-refractivity contribution in [3.05, 3.63) is 0 Å². The second-order valence-electron chi connectivity index (χ2n) is 10.1. The number of nitrogens with zero attached hydrogens (tertiary/aromatic N) is 1. The number of hydrogen-bond donors (Lipinski definition) is 1. The molecule has 2 atom stereocenters. The summed E-state index contributed by atoms with van der Waals surface area (Å²) in [6.45, 7) is 5.79. The summed E-state index contributed by atoms with van der Waals surface area (Å²) in [6, 6.07) is 0. The second kappa shape index (κ2) is 22.7. The van der Waals surface area contributed by atoms with Gasteiger partial charge in [-0.05, 0) is 32.4 Å². The third-order valence-corrected chi connectivity index (χ3v) is 8.12. The summed E-state index contributed by atoms with van der Waals surface area (Å²) in [7, 11) is -3.69. The second-order valence-corrected chi connectivity index (χ2v) is 12.1. The zero-order valence-electron chi connectivity index (χ0n) is 22.5. The molecule has 0 aromatic heterocycles. The minimum absolute atomic E-state index is 0.0980. The van der Waals surface area contributed by atoms with E-state index in [1.54, 1.807) is 0 Å². The molecule has 8 heteroatoms. The lowest BCUT2D eigenvalue weighted by Gasteiger charge is -2.20. The van der Waals surface area contributed by atoms with Crippen LogP contribution in [0.15, 0.2) is 0 Å². The van der Waals surface area contributed by atoms with E-state index < -0.39 is 13.7 Å². The van der Waals surface area contributed by atoms with Crippen LogP contribution in [0.3, 0.4) is 0 Å². The normalized spacial score (nSPS) is 16.9. The Labute approximate surface area is 215 Å². The first-order valence-corrected chi connectivity index (χ1v) is 16.2. The number of likely N-dealkylation sites (tertiary alicyclic amines) is 1. The highest BCUT2D eigenvalue weighted by Crippen LogP contribution is 2.41. The number of carbonyl (C=O) groups excluding carboxylic acids is 1. The van der Waals surface area contributed by atoms with Gasteiger partial charge in [0.25, 0.3) is 6.47 Å². The van der Waals surface area contributed by atoms with E-state index in [9.17, 15) is 14.3 Å². The topological polar surface area (TPSA) is 85.3 Å². The SMILES string of the molecule is CCCCCCCCCCCCCCCCCOCC(COP(=O)(O)CCN1CCCC1)OC=O. The fourth-order valence-corrected chi connectivity index (χ4v) is 5.60. The van der Waals surface area contributed by atoms with Crippen LogP contribution in [0.4, 0.5) is 0 Å². The summed E-state index contributed by atoms with van der Waals surface area (Å²) in [4.78, 5) is 23.0. The molecule has 1 N–H and O–H groups in total. The van der Waals surface area contributed by atoms with E-state index in [1.165, 1.54) is 83.5 Å². The van der Waals surface area contributed by atoms with Crippen LogP contribution < -0.4 is 0 Å². The molecule has 0 amide bonds. The molecule has 0 aliphatic carbocycles. The Morgan fingerprint density at radius 2 is 1.34 bits per heavy atom. The Morgan fingerprint density at radius 3 is 1.86 bits per heavy atom. The number of carbonyl (C=O) groups is 1. The van der Waals surface area contributed by atoms with E-state index in [2.05, 4.69) is 11.8 Å². The zero-order chi connectivity index (χ0) is 25.5. The lowest BCUT2D eigenvalue weighted by molar-refractivity contribution is -0.138. The molecule has 208 valence electrons. The number of unbranched alkanes of at least 4 members (excludes halogenated alkanes) is 14. The van der Waals surface area contributed by atoms with E-state index in [0.29, 0.717) is 19.6 Å². The number of hydrogen-bond acceptors (Lipinski definition) is 6. The predicted octanol–water partition coefficient (Wildman–Crippen LogP) is 6.71. The van der Waals surface area contributed by atoms with Gasteiger partial charge in [0.1, 0.15) is 6.10 Å². The molecule has 1 saturated heterocycles. The van der Waals surface area contributed by atoms with Gasteiger partial charge in [-0.1, -0.05) is 96.8 Å². The molecule has 0 aromatic carbocycles. The Balaban J connectivity index is 1.92. The molecule has 0 bridgehead atoms. The molecule has 1 aliphatic rings. The zero-order valence-corrected chi connectivity index (χ0v) is 23.4. The molecule has 1 heterocycles. The van der Waals surface area contributed by atoms with Gasteiger partial charge in [-0.25, -0.2) is 0 Å². The molecular formula is C27H54NO6P. The third-order valence-electron chi connectivity index (χ3n) is 6.80. The van der Waals surface area contributed by atoms with Crippen LogP contribution >= 0.6 is 7.60 Å². The first-order valence-electron chi connectivity index (χ1n) is 14.4. The van der Waals surface area contributed by atoms with E-state index in [4.69, 9.17) is 14.0 Å². The van der Waals surface area contributed by atoms with E-state index in [-0.39, 0.29) is 19.4 Å². The van der Waals surface area contributed by atoms with Gasteiger partial charge >= 0.3 is 7.60 Å². The fourth-order valence-electron chi connectivity index (χ4n) is 4.53. The molecular weight excluding hydrogens is 465 g/mol. The van der Waals surface area contributed by atoms with Crippen molar-refractivity contribution in [3.8, 4) is 0 Å². The average molecular weight is 520 g/mol. The summed E-state index contributed by atoms with van der Waals surface area (Å²) < 4.78 is 28.0. The molecule has 0 aromatic rings. The first kappa shape index (κ1) is 32.6. The van der Waals surface area contributed by atoms with Gasteiger partial charge in [-0.15, -0.1) is 0 Å². The van der Waals surface area contributed by atoms with Crippen LogP contribution in [0.5, 0.6) is 0 Å². The largest absolute Gasteiger partial charge is 0.460 e. The molecule has 35 heavy (non-hydrogen) atoms. The Kier molecular flexibility index (Phi) is 21.1. The molecule has 2 unspecified atom stereocenters. The summed E-state index contributed by atoms with van der Waals surface area (Å²) in [5.41, 5.74) is 0. The molecule has 1 rings (SSSR count). The maximum absolute atomic E-state index is 12.2. The lowest BCUT2D eigenvalue weighted by Crippen LogP contribution is -2.27. The quantitative estimate of drug-likeness (QED) is 0.0772. The third kappa shape index (κ3) is 20.3. The summed E-state index contributed by atoms with van der Waals surface area (Å²) in [5.74, 6) is 0. The van der Waals surface area contributed by atoms with E-state index in [0.717, 1.165) is 38.8 Å². The van der Waals surface area contributed by atoms with Crippen LogP contribution in [0.25, 0.3) is 0 Å². The van der Waals surface area contributed by atoms with Crippen LogP contribution in [0, 0.1) is 0 Å². The summed E-state index contributed by atoms with van der Waals surface area (Å²) >= 11 is 0. The molecule has 0 saturated carbocycles. The monoisotopic (exact) mass is 519 g/mol. The highest BCUT2D eigenvalue weighted by atomic mass is 31.2.